The summed E-state index contributed by atoms with van der Waals surface area (Å²) >= 11 is 0. The van der Waals surface area contributed by atoms with E-state index in [1.165, 1.54) is 13.2 Å². The predicted octanol–water partition coefficient (Wildman–Crippen LogP) is 4.24. The number of esters is 1. The van der Waals surface area contributed by atoms with Gasteiger partial charge in [-0.1, -0.05) is 24.3 Å². The van der Waals surface area contributed by atoms with Crippen molar-refractivity contribution in [2.24, 2.45) is 0 Å². The van der Waals surface area contributed by atoms with E-state index < -0.39 is 5.97 Å². The molecule has 0 unspecified atom stereocenters. The van der Waals surface area contributed by atoms with Crippen LogP contribution in [0.2, 0.25) is 0 Å². The molecule has 4 aromatic rings. The summed E-state index contributed by atoms with van der Waals surface area (Å²) in [5.74, 6) is -0.0784. The molecule has 0 N–H and O–H groups in total. The van der Waals surface area contributed by atoms with Gasteiger partial charge in [-0.15, -0.1) is 0 Å². The first-order valence-electron chi connectivity index (χ1n) is 8.13. The van der Waals surface area contributed by atoms with Crippen LogP contribution in [0.25, 0.3) is 33.1 Å². The minimum Gasteiger partial charge on any atom is -0.463 e. The zero-order chi connectivity index (χ0) is 18.3. The summed E-state index contributed by atoms with van der Waals surface area (Å²) < 4.78 is 10.8. The molecule has 0 saturated carbocycles. The van der Waals surface area contributed by atoms with Crippen molar-refractivity contribution in [2.45, 2.75) is 13.8 Å². The van der Waals surface area contributed by atoms with Gasteiger partial charge in [-0.25, -0.2) is 4.98 Å². The van der Waals surface area contributed by atoms with E-state index in [2.05, 4.69) is 4.98 Å². The average molecular weight is 345 g/mol. The second-order valence-corrected chi connectivity index (χ2v) is 6.07. The van der Waals surface area contributed by atoms with Crippen LogP contribution in [-0.2, 0) is 4.79 Å². The van der Waals surface area contributed by atoms with Gasteiger partial charge in [-0.3, -0.25) is 9.59 Å². The summed E-state index contributed by atoms with van der Waals surface area (Å²) in [6.07, 6.45) is 1.40. The van der Waals surface area contributed by atoms with Gasteiger partial charge in [0.1, 0.15) is 17.6 Å². The topological polar surface area (TPSA) is 69.4 Å². The number of fused-ring (bicyclic) bond motifs is 2. The smallest absolute Gasteiger partial charge is 0.308 e. The van der Waals surface area contributed by atoms with Crippen molar-refractivity contribution in [2.75, 3.05) is 0 Å². The Kier molecular flexibility index (Phi) is 3.77. The fourth-order valence-corrected chi connectivity index (χ4v) is 3.04. The fourth-order valence-electron chi connectivity index (χ4n) is 3.04. The number of carbonyl (C=O) groups excluding carboxylic acids is 1. The highest BCUT2D eigenvalue weighted by Crippen LogP contribution is 2.26. The Labute approximate surface area is 148 Å². The van der Waals surface area contributed by atoms with Crippen LogP contribution >= 0.6 is 0 Å². The maximum absolute atomic E-state index is 13.0. The number of para-hydroxylation sites is 1. The highest BCUT2D eigenvalue weighted by molar-refractivity contribution is 5.87. The molecule has 0 aliphatic heterocycles. The van der Waals surface area contributed by atoms with E-state index in [0.717, 1.165) is 10.9 Å². The first-order valence-corrected chi connectivity index (χ1v) is 8.13. The SMILES string of the molecule is CC(=O)Oc1cc(C)c2c(=O)c(-c3ccc4ccccc4n3)coc2c1. The third-order valence-corrected chi connectivity index (χ3v) is 4.18. The van der Waals surface area contributed by atoms with E-state index in [1.807, 2.05) is 36.4 Å². The molecule has 2 heterocycles. The van der Waals surface area contributed by atoms with Crippen LogP contribution < -0.4 is 10.2 Å². The lowest BCUT2D eigenvalue weighted by Gasteiger charge is -2.08. The van der Waals surface area contributed by atoms with Crippen LogP contribution in [0.5, 0.6) is 5.75 Å². The first kappa shape index (κ1) is 16.0. The molecule has 0 fully saturated rings. The molecular weight excluding hydrogens is 330 g/mol. The summed E-state index contributed by atoms with van der Waals surface area (Å²) in [5, 5.41) is 1.46. The van der Waals surface area contributed by atoms with Gasteiger partial charge in [0.2, 0.25) is 5.43 Å². The van der Waals surface area contributed by atoms with Crippen molar-refractivity contribution < 1.29 is 13.9 Å². The molecule has 0 amide bonds. The Morgan fingerprint density at radius 1 is 1.12 bits per heavy atom. The molecule has 0 aliphatic carbocycles. The zero-order valence-electron chi connectivity index (χ0n) is 14.3. The van der Waals surface area contributed by atoms with Crippen molar-refractivity contribution in [3.63, 3.8) is 0 Å². The van der Waals surface area contributed by atoms with Crippen molar-refractivity contribution >= 4 is 27.8 Å². The van der Waals surface area contributed by atoms with E-state index in [1.54, 1.807) is 19.1 Å². The summed E-state index contributed by atoms with van der Waals surface area (Å²) in [5.41, 5.74) is 2.65. The number of carbonyl (C=O) groups is 1. The lowest BCUT2D eigenvalue weighted by molar-refractivity contribution is -0.131. The van der Waals surface area contributed by atoms with Gasteiger partial charge in [0.15, 0.2) is 0 Å². The number of benzene rings is 2. The molecular formula is C21H15NO4. The minimum atomic E-state index is -0.428. The van der Waals surface area contributed by atoms with E-state index in [-0.39, 0.29) is 5.43 Å². The third-order valence-electron chi connectivity index (χ3n) is 4.18. The van der Waals surface area contributed by atoms with E-state index in [4.69, 9.17) is 9.15 Å². The summed E-state index contributed by atoms with van der Waals surface area (Å²) in [6.45, 7) is 3.11. The van der Waals surface area contributed by atoms with E-state index in [9.17, 15) is 9.59 Å². The third kappa shape index (κ3) is 2.73. The minimum absolute atomic E-state index is 0.166. The summed E-state index contributed by atoms with van der Waals surface area (Å²) in [4.78, 5) is 28.7. The number of aromatic nitrogens is 1. The predicted molar refractivity (Wildman–Crippen MR) is 99.3 cm³/mol. The van der Waals surface area contributed by atoms with Crippen LogP contribution in [0.1, 0.15) is 12.5 Å². The molecule has 0 radical (unpaired) electrons. The molecule has 2 aromatic heterocycles. The summed E-state index contributed by atoms with van der Waals surface area (Å²) in [7, 11) is 0. The Morgan fingerprint density at radius 2 is 1.92 bits per heavy atom. The lowest BCUT2D eigenvalue weighted by Crippen LogP contribution is -2.08. The van der Waals surface area contributed by atoms with Gasteiger partial charge < -0.3 is 9.15 Å². The second kappa shape index (κ2) is 6.11. The van der Waals surface area contributed by atoms with Crippen LogP contribution in [0, 0.1) is 6.92 Å². The number of aryl methyl sites for hydroxylation is 1. The first-order chi connectivity index (χ1) is 12.5. The molecule has 0 saturated heterocycles. The molecule has 26 heavy (non-hydrogen) atoms. The normalized spacial score (nSPS) is 11.0. The molecule has 4 rings (SSSR count). The molecule has 5 nitrogen and oxygen atoms in total. The highest BCUT2D eigenvalue weighted by atomic mass is 16.5. The van der Waals surface area contributed by atoms with Gasteiger partial charge in [-0.05, 0) is 30.7 Å². The molecule has 0 atom stereocenters. The molecule has 0 spiro atoms. The van der Waals surface area contributed by atoms with Gasteiger partial charge >= 0.3 is 5.97 Å². The quantitative estimate of drug-likeness (QED) is 0.401. The number of hydrogen-bond acceptors (Lipinski definition) is 5. The number of hydrogen-bond donors (Lipinski definition) is 0. The van der Waals surface area contributed by atoms with Gasteiger partial charge in [0, 0.05) is 18.4 Å². The molecule has 0 aliphatic rings. The molecule has 128 valence electrons. The zero-order valence-corrected chi connectivity index (χ0v) is 14.3. The second-order valence-electron chi connectivity index (χ2n) is 6.07. The van der Waals surface area contributed by atoms with E-state index >= 15 is 0 Å². The van der Waals surface area contributed by atoms with Gasteiger partial charge in [0.25, 0.3) is 0 Å². The largest absolute Gasteiger partial charge is 0.463 e. The molecule has 2 aromatic carbocycles. The van der Waals surface area contributed by atoms with Crippen molar-refractivity contribution in [3.8, 4) is 17.0 Å². The fraction of sp³-hybridized carbons (Fsp3) is 0.0952. The highest BCUT2D eigenvalue weighted by Gasteiger charge is 2.14. The van der Waals surface area contributed by atoms with Crippen LogP contribution in [-0.4, -0.2) is 11.0 Å². The Balaban J connectivity index is 1.90. The monoisotopic (exact) mass is 345 g/mol. The van der Waals surface area contributed by atoms with Crippen LogP contribution in [0.4, 0.5) is 0 Å². The number of rotatable bonds is 2. The average Bonchev–Trinajstić information content (AvgIpc) is 2.60. The maximum Gasteiger partial charge on any atom is 0.308 e. The Bertz CT molecular complexity index is 1220. The summed E-state index contributed by atoms with van der Waals surface area (Å²) in [6, 6.07) is 14.6. The van der Waals surface area contributed by atoms with Crippen molar-refractivity contribution in [3.05, 3.63) is 70.6 Å². The van der Waals surface area contributed by atoms with Gasteiger partial charge in [0.05, 0.1) is 22.2 Å². The number of nitrogens with zero attached hydrogens (tertiary/aromatic N) is 1. The van der Waals surface area contributed by atoms with Crippen molar-refractivity contribution in [1.29, 1.82) is 0 Å². The Morgan fingerprint density at radius 3 is 2.73 bits per heavy atom. The molecule has 5 heteroatoms. The maximum atomic E-state index is 13.0. The number of ether oxygens (including phenoxy) is 1. The van der Waals surface area contributed by atoms with Gasteiger partial charge in [-0.2, -0.15) is 0 Å². The van der Waals surface area contributed by atoms with Crippen molar-refractivity contribution in [1.82, 2.24) is 4.98 Å². The Hall–Kier alpha value is -3.47. The number of pyridine rings is 1. The van der Waals surface area contributed by atoms with Crippen LogP contribution in [0.15, 0.2) is 64.0 Å². The molecule has 0 bridgehead atoms. The van der Waals surface area contributed by atoms with Crippen LogP contribution in [0.3, 0.4) is 0 Å². The lowest BCUT2D eigenvalue weighted by atomic mass is 10.1. The van der Waals surface area contributed by atoms with E-state index in [0.29, 0.717) is 33.5 Å². The standard InChI is InChI=1S/C21H15NO4/c1-12-9-15(26-13(2)23)10-19-20(12)21(24)16(11-25-19)18-8-7-14-5-3-4-6-17(14)22-18/h3-11H,1-2H3.